The zero-order chi connectivity index (χ0) is 10.7. The number of aliphatic hydroxyl groups excluding tert-OH is 1. The van der Waals surface area contributed by atoms with Gasteiger partial charge in [0.05, 0.1) is 6.10 Å². The Balaban J connectivity index is 2.50. The fourth-order valence-electron chi connectivity index (χ4n) is 1.71. The molecule has 3 unspecified atom stereocenters. The van der Waals surface area contributed by atoms with Gasteiger partial charge in [0.2, 0.25) is 5.91 Å². The number of hydrogen-bond acceptors (Lipinski definition) is 2. The van der Waals surface area contributed by atoms with Crippen molar-refractivity contribution in [1.29, 1.82) is 0 Å². The predicted octanol–water partition coefficient (Wildman–Crippen LogP) is 1.09. The Hall–Kier alpha value is -0.280. The summed E-state index contributed by atoms with van der Waals surface area (Å²) in [5, 5.41) is 9.51. The molecule has 0 aliphatic carbocycles. The van der Waals surface area contributed by atoms with Crippen LogP contribution in [0.5, 0.6) is 0 Å². The van der Waals surface area contributed by atoms with Gasteiger partial charge in [0, 0.05) is 24.9 Å². The second-order valence-corrected chi connectivity index (χ2v) is 4.48. The average Bonchev–Trinajstić information content (AvgIpc) is 2.20. The molecule has 0 aromatic heterocycles. The summed E-state index contributed by atoms with van der Waals surface area (Å²) in [6.45, 7) is 5.12. The van der Waals surface area contributed by atoms with Gasteiger partial charge >= 0.3 is 0 Å². The van der Waals surface area contributed by atoms with Gasteiger partial charge in [-0.1, -0.05) is 13.8 Å². The summed E-state index contributed by atoms with van der Waals surface area (Å²) in [5.74, 6) is 0.541. The van der Waals surface area contributed by atoms with Crippen molar-refractivity contribution in [2.75, 3.05) is 19.0 Å². The summed E-state index contributed by atoms with van der Waals surface area (Å²) in [7, 11) is 0. The van der Waals surface area contributed by atoms with E-state index >= 15 is 0 Å². The molecule has 1 fully saturated rings. The number of amides is 1. The van der Waals surface area contributed by atoms with Crippen LogP contribution in [-0.2, 0) is 4.79 Å². The number of nitrogens with zero attached hydrogens (tertiary/aromatic N) is 1. The molecule has 0 bridgehead atoms. The first-order valence-corrected chi connectivity index (χ1v) is 5.62. The van der Waals surface area contributed by atoms with Gasteiger partial charge < -0.3 is 10.0 Å². The van der Waals surface area contributed by atoms with Crippen molar-refractivity contribution in [3.8, 4) is 0 Å². The highest BCUT2D eigenvalue weighted by Crippen LogP contribution is 2.18. The first-order chi connectivity index (χ1) is 6.56. The third-order valence-corrected chi connectivity index (χ3v) is 3.29. The minimum absolute atomic E-state index is 0.110. The second kappa shape index (κ2) is 4.99. The quantitative estimate of drug-likeness (QED) is 0.707. The SMILES string of the molecule is CC(CCl)C(=O)N1CCC(O)C(C)C1. The number of aliphatic hydroxyl groups is 1. The lowest BCUT2D eigenvalue weighted by atomic mass is 9.96. The Morgan fingerprint density at radius 3 is 2.86 bits per heavy atom. The van der Waals surface area contributed by atoms with Gasteiger partial charge in [0.1, 0.15) is 0 Å². The Morgan fingerprint density at radius 1 is 1.71 bits per heavy atom. The molecule has 0 aromatic rings. The fourth-order valence-corrected chi connectivity index (χ4v) is 1.84. The smallest absolute Gasteiger partial charge is 0.226 e. The molecule has 0 spiro atoms. The van der Waals surface area contributed by atoms with E-state index in [1.807, 2.05) is 18.7 Å². The molecule has 14 heavy (non-hydrogen) atoms. The zero-order valence-corrected chi connectivity index (χ0v) is 9.50. The molecular weight excluding hydrogens is 202 g/mol. The van der Waals surface area contributed by atoms with Crippen molar-refractivity contribution in [2.45, 2.75) is 26.4 Å². The monoisotopic (exact) mass is 219 g/mol. The Bertz CT molecular complexity index is 210. The molecule has 0 radical (unpaired) electrons. The number of halogens is 1. The zero-order valence-electron chi connectivity index (χ0n) is 8.74. The summed E-state index contributed by atoms with van der Waals surface area (Å²) in [5.41, 5.74) is 0. The molecule has 3 nitrogen and oxygen atoms in total. The summed E-state index contributed by atoms with van der Waals surface area (Å²) >= 11 is 5.63. The van der Waals surface area contributed by atoms with E-state index in [1.165, 1.54) is 0 Å². The molecule has 1 saturated heterocycles. The van der Waals surface area contributed by atoms with Crippen LogP contribution in [0.25, 0.3) is 0 Å². The lowest BCUT2D eigenvalue weighted by Gasteiger charge is -2.35. The largest absolute Gasteiger partial charge is 0.393 e. The predicted molar refractivity (Wildman–Crippen MR) is 56.3 cm³/mol. The van der Waals surface area contributed by atoms with E-state index in [9.17, 15) is 9.90 Å². The van der Waals surface area contributed by atoms with Crippen LogP contribution in [0.2, 0.25) is 0 Å². The molecule has 1 aliphatic rings. The fraction of sp³-hybridized carbons (Fsp3) is 0.900. The van der Waals surface area contributed by atoms with Crippen LogP contribution < -0.4 is 0 Å². The van der Waals surface area contributed by atoms with Gasteiger partial charge in [-0.3, -0.25) is 4.79 Å². The number of carbonyl (C=O) groups is 1. The molecule has 82 valence electrons. The first-order valence-electron chi connectivity index (χ1n) is 5.09. The number of piperidine rings is 1. The summed E-state index contributed by atoms with van der Waals surface area (Å²) in [6.07, 6.45) is 0.424. The van der Waals surface area contributed by atoms with Crippen LogP contribution in [-0.4, -0.2) is 41.0 Å². The van der Waals surface area contributed by atoms with Crippen LogP contribution in [0.4, 0.5) is 0 Å². The van der Waals surface area contributed by atoms with Crippen molar-refractivity contribution in [3.05, 3.63) is 0 Å². The molecule has 1 amide bonds. The Morgan fingerprint density at radius 2 is 2.36 bits per heavy atom. The van der Waals surface area contributed by atoms with Crippen LogP contribution >= 0.6 is 11.6 Å². The number of likely N-dealkylation sites (tertiary alicyclic amines) is 1. The van der Waals surface area contributed by atoms with Gasteiger partial charge in [0.15, 0.2) is 0 Å². The molecule has 1 rings (SSSR count). The van der Waals surface area contributed by atoms with Crippen LogP contribution in [0.15, 0.2) is 0 Å². The van der Waals surface area contributed by atoms with Gasteiger partial charge in [-0.15, -0.1) is 11.6 Å². The number of rotatable bonds is 2. The van der Waals surface area contributed by atoms with E-state index in [0.29, 0.717) is 25.4 Å². The van der Waals surface area contributed by atoms with Crippen LogP contribution in [0.1, 0.15) is 20.3 Å². The molecule has 1 aliphatic heterocycles. The highest BCUT2D eigenvalue weighted by molar-refractivity contribution is 6.19. The highest BCUT2D eigenvalue weighted by Gasteiger charge is 2.28. The van der Waals surface area contributed by atoms with Crippen molar-refractivity contribution >= 4 is 17.5 Å². The third-order valence-electron chi connectivity index (χ3n) is 2.82. The Kier molecular flexibility index (Phi) is 4.20. The minimum atomic E-state index is -0.259. The van der Waals surface area contributed by atoms with Crippen LogP contribution in [0.3, 0.4) is 0 Å². The molecule has 0 saturated carbocycles. The van der Waals surface area contributed by atoms with E-state index in [-0.39, 0.29) is 23.8 Å². The number of hydrogen-bond donors (Lipinski definition) is 1. The van der Waals surface area contributed by atoms with E-state index < -0.39 is 0 Å². The third kappa shape index (κ3) is 2.61. The van der Waals surface area contributed by atoms with E-state index in [4.69, 9.17) is 11.6 Å². The van der Waals surface area contributed by atoms with Gasteiger partial charge in [0.25, 0.3) is 0 Å². The van der Waals surface area contributed by atoms with Crippen molar-refractivity contribution in [3.63, 3.8) is 0 Å². The average molecular weight is 220 g/mol. The van der Waals surface area contributed by atoms with E-state index in [0.717, 1.165) is 0 Å². The lowest BCUT2D eigenvalue weighted by molar-refractivity contribution is -0.137. The minimum Gasteiger partial charge on any atom is -0.393 e. The second-order valence-electron chi connectivity index (χ2n) is 4.17. The molecule has 1 N–H and O–H groups in total. The van der Waals surface area contributed by atoms with Crippen molar-refractivity contribution < 1.29 is 9.90 Å². The summed E-state index contributed by atoms with van der Waals surface area (Å²) in [6, 6.07) is 0. The first kappa shape index (κ1) is 11.8. The Labute approximate surface area is 90.0 Å². The standard InChI is InChI=1S/C10H18ClNO2/c1-7(5-11)10(14)12-4-3-9(13)8(2)6-12/h7-9,13H,3-6H2,1-2H3. The van der Waals surface area contributed by atoms with Crippen LogP contribution in [0, 0.1) is 11.8 Å². The summed E-state index contributed by atoms with van der Waals surface area (Å²) in [4.78, 5) is 13.6. The maximum Gasteiger partial charge on any atom is 0.226 e. The topological polar surface area (TPSA) is 40.5 Å². The molecule has 4 heteroatoms. The maximum absolute atomic E-state index is 11.7. The molecule has 0 aromatic carbocycles. The molecular formula is C10H18ClNO2. The van der Waals surface area contributed by atoms with Gasteiger partial charge in [-0.2, -0.15) is 0 Å². The van der Waals surface area contributed by atoms with Crippen molar-refractivity contribution in [2.24, 2.45) is 11.8 Å². The number of carbonyl (C=O) groups excluding carboxylic acids is 1. The normalized spacial score (nSPS) is 30.1. The van der Waals surface area contributed by atoms with E-state index in [2.05, 4.69) is 0 Å². The van der Waals surface area contributed by atoms with Gasteiger partial charge in [-0.25, -0.2) is 0 Å². The molecule has 1 heterocycles. The number of alkyl halides is 1. The van der Waals surface area contributed by atoms with Crippen molar-refractivity contribution in [1.82, 2.24) is 4.90 Å². The maximum atomic E-state index is 11.7. The summed E-state index contributed by atoms with van der Waals surface area (Å²) < 4.78 is 0. The molecule has 3 atom stereocenters. The van der Waals surface area contributed by atoms with Gasteiger partial charge in [-0.05, 0) is 12.3 Å². The lowest BCUT2D eigenvalue weighted by Crippen LogP contribution is -2.47. The highest BCUT2D eigenvalue weighted by atomic mass is 35.5. The van der Waals surface area contributed by atoms with E-state index in [1.54, 1.807) is 0 Å².